The lowest BCUT2D eigenvalue weighted by Gasteiger charge is -2.12. The molecule has 0 aliphatic carbocycles. The lowest BCUT2D eigenvalue weighted by molar-refractivity contribution is 0.624. The van der Waals surface area contributed by atoms with Crippen molar-refractivity contribution in [3.05, 3.63) is 72.7 Å². The van der Waals surface area contributed by atoms with E-state index in [2.05, 4.69) is 62.2 Å². The average Bonchev–Trinajstić information content (AvgIpc) is 3.43. The van der Waals surface area contributed by atoms with E-state index in [9.17, 15) is 0 Å². The van der Waals surface area contributed by atoms with Crippen LogP contribution in [-0.2, 0) is 13.1 Å². The van der Waals surface area contributed by atoms with Gasteiger partial charge in [0.15, 0.2) is 5.96 Å². The fourth-order valence-electron chi connectivity index (χ4n) is 3.53. The second-order valence-electron chi connectivity index (χ2n) is 7.27. The van der Waals surface area contributed by atoms with Crippen LogP contribution in [0.3, 0.4) is 0 Å². The number of para-hydroxylation sites is 2. The number of nitrogens with zero attached hydrogens (tertiary/aromatic N) is 6. The molecule has 1 aromatic carbocycles. The third-order valence-electron chi connectivity index (χ3n) is 5.04. The summed E-state index contributed by atoms with van der Waals surface area (Å²) in [5.41, 5.74) is 3.33. The number of benzene rings is 1. The summed E-state index contributed by atoms with van der Waals surface area (Å²) in [6, 6.07) is 12.3. The summed E-state index contributed by atoms with van der Waals surface area (Å²) in [4.78, 5) is 17.8. The van der Waals surface area contributed by atoms with E-state index in [4.69, 9.17) is 4.99 Å². The zero-order valence-electron chi connectivity index (χ0n) is 18.4. The number of rotatable bonds is 8. The molecule has 0 saturated carbocycles. The van der Waals surface area contributed by atoms with Crippen LogP contribution in [0.2, 0.25) is 0 Å². The lowest BCUT2D eigenvalue weighted by Crippen LogP contribution is -2.38. The monoisotopic (exact) mass is 544 g/mol. The Hall–Kier alpha value is -2.95. The fraction of sp³-hybridized carbons (Fsp3) is 0.304. The smallest absolute Gasteiger partial charge is 0.191 e. The molecule has 0 spiro atoms. The summed E-state index contributed by atoms with van der Waals surface area (Å²) in [5.74, 6) is 2.70. The van der Waals surface area contributed by atoms with Gasteiger partial charge >= 0.3 is 0 Å². The Labute approximate surface area is 205 Å². The molecular formula is C23H29IN8. The van der Waals surface area contributed by atoms with Crippen molar-refractivity contribution in [2.24, 2.45) is 4.99 Å². The van der Waals surface area contributed by atoms with Gasteiger partial charge in [0.25, 0.3) is 0 Å². The minimum absolute atomic E-state index is 0. The second kappa shape index (κ2) is 11.6. The van der Waals surface area contributed by atoms with Crippen molar-refractivity contribution in [3.8, 4) is 5.82 Å². The van der Waals surface area contributed by atoms with Crippen LogP contribution in [0.5, 0.6) is 0 Å². The molecule has 4 rings (SSSR count). The first-order valence-corrected chi connectivity index (χ1v) is 10.6. The van der Waals surface area contributed by atoms with Crippen LogP contribution in [0.25, 0.3) is 16.9 Å². The van der Waals surface area contributed by atoms with E-state index in [1.54, 1.807) is 18.7 Å². The third kappa shape index (κ3) is 5.84. The summed E-state index contributed by atoms with van der Waals surface area (Å²) >= 11 is 0. The van der Waals surface area contributed by atoms with Gasteiger partial charge in [-0.25, -0.2) is 19.9 Å². The zero-order chi connectivity index (χ0) is 21.5. The van der Waals surface area contributed by atoms with Crippen molar-refractivity contribution in [1.29, 1.82) is 0 Å². The van der Waals surface area contributed by atoms with Crippen LogP contribution in [0.1, 0.15) is 24.7 Å². The topological polar surface area (TPSA) is 85.0 Å². The number of aromatic nitrogens is 5. The molecule has 0 saturated heterocycles. The number of halogens is 1. The Morgan fingerprint density at radius 2 is 2.00 bits per heavy atom. The normalized spacial score (nSPS) is 11.4. The molecule has 4 aromatic rings. The van der Waals surface area contributed by atoms with Gasteiger partial charge in [-0.1, -0.05) is 12.1 Å². The van der Waals surface area contributed by atoms with E-state index in [0.717, 1.165) is 54.7 Å². The number of hydrogen-bond acceptors (Lipinski definition) is 4. The standard InChI is InChI=1S/C23H28N8.HI/c1-3-25-23(28-16-19-9-11-26-22(15-19)30-14-12-24-17-30)27-10-6-13-31-18(2)29-20-7-4-5-8-21(20)31;/h4-5,7-9,11-12,14-15,17H,3,6,10,13,16H2,1-2H3,(H2,25,27,28);1H. The van der Waals surface area contributed by atoms with Crippen molar-refractivity contribution >= 4 is 41.0 Å². The SMILES string of the molecule is CCNC(=NCc1ccnc(-n2ccnc2)c1)NCCCn1c(C)nc2ccccc21.I. The highest BCUT2D eigenvalue weighted by atomic mass is 127. The number of pyridine rings is 1. The Morgan fingerprint density at radius 1 is 1.12 bits per heavy atom. The van der Waals surface area contributed by atoms with Crippen LogP contribution < -0.4 is 10.6 Å². The molecule has 0 bridgehead atoms. The van der Waals surface area contributed by atoms with Gasteiger partial charge in [-0.05, 0) is 50.1 Å². The molecule has 0 aliphatic rings. The van der Waals surface area contributed by atoms with Crippen molar-refractivity contribution in [2.45, 2.75) is 33.4 Å². The number of imidazole rings is 2. The molecule has 2 N–H and O–H groups in total. The van der Waals surface area contributed by atoms with Crippen LogP contribution in [-0.4, -0.2) is 43.1 Å². The summed E-state index contributed by atoms with van der Waals surface area (Å²) < 4.78 is 4.16. The summed E-state index contributed by atoms with van der Waals surface area (Å²) in [6.45, 7) is 7.26. The molecule has 3 aromatic heterocycles. The number of hydrogen-bond donors (Lipinski definition) is 2. The first-order chi connectivity index (χ1) is 15.2. The molecule has 0 amide bonds. The number of aliphatic imine (C=N–C) groups is 1. The highest BCUT2D eigenvalue weighted by Gasteiger charge is 2.06. The Kier molecular flexibility index (Phi) is 8.60. The number of nitrogens with one attached hydrogen (secondary N) is 2. The maximum Gasteiger partial charge on any atom is 0.191 e. The van der Waals surface area contributed by atoms with Crippen LogP contribution in [0.4, 0.5) is 0 Å². The molecule has 3 heterocycles. The predicted molar refractivity (Wildman–Crippen MR) is 139 cm³/mol. The van der Waals surface area contributed by atoms with E-state index in [0.29, 0.717) is 6.54 Å². The van der Waals surface area contributed by atoms with Crippen molar-refractivity contribution in [3.63, 3.8) is 0 Å². The lowest BCUT2D eigenvalue weighted by atomic mass is 10.2. The predicted octanol–water partition coefficient (Wildman–Crippen LogP) is 3.69. The van der Waals surface area contributed by atoms with Gasteiger partial charge in [-0.3, -0.25) is 4.57 Å². The molecule has 8 nitrogen and oxygen atoms in total. The molecule has 9 heteroatoms. The number of fused-ring (bicyclic) bond motifs is 1. The molecule has 0 radical (unpaired) electrons. The van der Waals surface area contributed by atoms with Gasteiger partial charge in [-0.15, -0.1) is 24.0 Å². The van der Waals surface area contributed by atoms with Gasteiger partial charge in [0.05, 0.1) is 17.6 Å². The maximum atomic E-state index is 4.73. The molecule has 0 atom stereocenters. The Balaban J connectivity index is 0.00000289. The largest absolute Gasteiger partial charge is 0.357 e. The molecule has 32 heavy (non-hydrogen) atoms. The third-order valence-corrected chi connectivity index (χ3v) is 5.04. The minimum Gasteiger partial charge on any atom is -0.357 e. The van der Waals surface area contributed by atoms with Gasteiger partial charge in [0, 0.05) is 38.2 Å². The summed E-state index contributed by atoms with van der Waals surface area (Å²) in [6.07, 6.45) is 8.15. The van der Waals surface area contributed by atoms with Gasteiger partial charge in [0.1, 0.15) is 18.0 Å². The highest BCUT2D eigenvalue weighted by Crippen LogP contribution is 2.15. The second-order valence-corrected chi connectivity index (χ2v) is 7.27. The van der Waals surface area contributed by atoms with Gasteiger partial charge < -0.3 is 15.2 Å². The van der Waals surface area contributed by atoms with Crippen molar-refractivity contribution < 1.29 is 0 Å². The van der Waals surface area contributed by atoms with E-state index >= 15 is 0 Å². The van der Waals surface area contributed by atoms with Crippen LogP contribution in [0.15, 0.2) is 66.3 Å². The molecular weight excluding hydrogens is 515 g/mol. The van der Waals surface area contributed by atoms with E-state index in [-0.39, 0.29) is 24.0 Å². The average molecular weight is 544 g/mol. The van der Waals surface area contributed by atoms with E-state index in [1.807, 2.05) is 29.0 Å². The van der Waals surface area contributed by atoms with Gasteiger partial charge in [-0.2, -0.15) is 0 Å². The zero-order valence-corrected chi connectivity index (χ0v) is 20.7. The molecule has 0 fully saturated rings. The number of aryl methyl sites for hydroxylation is 2. The minimum atomic E-state index is 0. The summed E-state index contributed by atoms with van der Waals surface area (Å²) in [5, 5.41) is 6.76. The van der Waals surface area contributed by atoms with Crippen LogP contribution >= 0.6 is 24.0 Å². The quantitative estimate of drug-likeness (QED) is 0.153. The fourth-order valence-corrected chi connectivity index (χ4v) is 3.53. The Morgan fingerprint density at radius 3 is 2.81 bits per heavy atom. The first kappa shape index (κ1) is 23.7. The first-order valence-electron chi connectivity index (χ1n) is 10.6. The Bertz CT molecular complexity index is 1150. The van der Waals surface area contributed by atoms with Gasteiger partial charge in [0.2, 0.25) is 0 Å². The molecule has 168 valence electrons. The number of guanidine groups is 1. The molecule has 0 unspecified atom stereocenters. The highest BCUT2D eigenvalue weighted by molar-refractivity contribution is 14.0. The van der Waals surface area contributed by atoms with Crippen molar-refractivity contribution in [2.75, 3.05) is 13.1 Å². The molecule has 0 aliphatic heterocycles. The maximum absolute atomic E-state index is 4.73. The van der Waals surface area contributed by atoms with Crippen molar-refractivity contribution in [1.82, 2.24) is 34.7 Å². The van der Waals surface area contributed by atoms with E-state index < -0.39 is 0 Å². The van der Waals surface area contributed by atoms with Crippen LogP contribution in [0, 0.1) is 6.92 Å². The van der Waals surface area contributed by atoms with E-state index in [1.165, 1.54) is 5.52 Å². The summed E-state index contributed by atoms with van der Waals surface area (Å²) in [7, 11) is 0.